The first-order valence-corrected chi connectivity index (χ1v) is 9.38. The molecule has 156 valence electrons. The SMILES string of the molecule is CC(n1nc(-c2ccncc2)nc1-c1ccc2c(c1)C(C)(C)C(=O)N2C)C(F)(F)F. The summed E-state index contributed by atoms with van der Waals surface area (Å²) in [6, 6.07) is 6.55. The van der Waals surface area contributed by atoms with Gasteiger partial charge < -0.3 is 4.90 Å². The van der Waals surface area contributed by atoms with E-state index in [2.05, 4.69) is 15.1 Å². The zero-order valence-corrected chi connectivity index (χ0v) is 16.9. The van der Waals surface area contributed by atoms with Crippen molar-refractivity contribution in [1.29, 1.82) is 0 Å². The quantitative estimate of drug-likeness (QED) is 0.637. The molecule has 0 saturated heterocycles. The number of likely N-dealkylation sites (N-methyl/N-ethyl adjacent to an activating group) is 1. The molecule has 2 aromatic heterocycles. The Kier molecular flexibility index (Phi) is 4.44. The molecule has 1 atom stereocenters. The number of nitrogens with zero attached hydrogens (tertiary/aromatic N) is 5. The van der Waals surface area contributed by atoms with Crippen molar-refractivity contribution in [2.24, 2.45) is 0 Å². The van der Waals surface area contributed by atoms with Crippen LogP contribution < -0.4 is 4.90 Å². The van der Waals surface area contributed by atoms with Crippen LogP contribution in [0.25, 0.3) is 22.8 Å². The molecule has 0 saturated carbocycles. The molecule has 0 bridgehead atoms. The molecule has 3 heterocycles. The number of rotatable bonds is 3. The molecule has 30 heavy (non-hydrogen) atoms. The van der Waals surface area contributed by atoms with Gasteiger partial charge in [0.15, 0.2) is 11.6 Å². The minimum absolute atomic E-state index is 0.0720. The van der Waals surface area contributed by atoms with Crippen molar-refractivity contribution < 1.29 is 18.0 Å². The van der Waals surface area contributed by atoms with Crippen molar-refractivity contribution in [1.82, 2.24) is 19.7 Å². The van der Waals surface area contributed by atoms with E-state index in [1.54, 1.807) is 56.1 Å². The molecule has 0 aliphatic carbocycles. The molecule has 1 aliphatic heterocycles. The van der Waals surface area contributed by atoms with Gasteiger partial charge in [-0.05, 0) is 56.7 Å². The highest BCUT2D eigenvalue weighted by molar-refractivity contribution is 6.07. The van der Waals surface area contributed by atoms with Crippen LogP contribution in [0.1, 0.15) is 32.4 Å². The Hall–Kier alpha value is -3.23. The van der Waals surface area contributed by atoms with Crippen molar-refractivity contribution in [3.8, 4) is 22.8 Å². The molecule has 0 spiro atoms. The molecular formula is C21H20F3N5O. The zero-order valence-electron chi connectivity index (χ0n) is 16.9. The first-order valence-electron chi connectivity index (χ1n) is 9.38. The number of anilines is 1. The number of pyridine rings is 1. The van der Waals surface area contributed by atoms with E-state index in [1.807, 2.05) is 0 Å². The van der Waals surface area contributed by atoms with E-state index in [0.29, 0.717) is 11.1 Å². The number of amides is 1. The summed E-state index contributed by atoms with van der Waals surface area (Å²) in [5.41, 5.74) is 1.73. The predicted octanol–water partition coefficient (Wildman–Crippen LogP) is 4.38. The minimum Gasteiger partial charge on any atom is -0.314 e. The van der Waals surface area contributed by atoms with Crippen LogP contribution in [0, 0.1) is 0 Å². The van der Waals surface area contributed by atoms with Crippen molar-refractivity contribution in [2.75, 3.05) is 11.9 Å². The number of benzene rings is 1. The van der Waals surface area contributed by atoms with Gasteiger partial charge in [0, 0.05) is 36.3 Å². The lowest BCUT2D eigenvalue weighted by Crippen LogP contribution is -2.33. The summed E-state index contributed by atoms with van der Waals surface area (Å²) in [5, 5.41) is 4.16. The Labute approximate surface area is 171 Å². The molecule has 0 fully saturated rings. The summed E-state index contributed by atoms with van der Waals surface area (Å²) in [7, 11) is 1.69. The van der Waals surface area contributed by atoms with Crippen LogP contribution >= 0.6 is 0 Å². The van der Waals surface area contributed by atoms with Gasteiger partial charge in [-0.2, -0.15) is 13.2 Å². The highest BCUT2D eigenvalue weighted by Gasteiger charge is 2.43. The zero-order chi connectivity index (χ0) is 21.8. The molecule has 9 heteroatoms. The fourth-order valence-electron chi connectivity index (χ4n) is 3.66. The summed E-state index contributed by atoms with van der Waals surface area (Å²) < 4.78 is 41.5. The highest BCUT2D eigenvalue weighted by Crippen LogP contribution is 2.43. The third-order valence-corrected chi connectivity index (χ3v) is 5.54. The van der Waals surface area contributed by atoms with Gasteiger partial charge in [-0.25, -0.2) is 9.67 Å². The predicted molar refractivity (Wildman–Crippen MR) is 106 cm³/mol. The summed E-state index contributed by atoms with van der Waals surface area (Å²) in [6.07, 6.45) is -1.44. The average Bonchev–Trinajstić information content (AvgIpc) is 3.22. The first kappa shape index (κ1) is 20.1. The number of carbonyl (C=O) groups excluding carboxylic acids is 1. The van der Waals surface area contributed by atoms with E-state index in [0.717, 1.165) is 22.9 Å². The topological polar surface area (TPSA) is 63.9 Å². The Morgan fingerprint density at radius 1 is 1.07 bits per heavy atom. The van der Waals surface area contributed by atoms with Crippen LogP contribution in [0.5, 0.6) is 0 Å². The van der Waals surface area contributed by atoms with Crippen LogP contribution in [-0.2, 0) is 10.2 Å². The van der Waals surface area contributed by atoms with E-state index < -0.39 is 17.6 Å². The maximum absolute atomic E-state index is 13.5. The first-order chi connectivity index (χ1) is 14.0. The molecule has 0 N–H and O–H groups in total. The Morgan fingerprint density at radius 3 is 2.37 bits per heavy atom. The maximum Gasteiger partial charge on any atom is 0.410 e. The number of hydrogen-bond acceptors (Lipinski definition) is 4. The van der Waals surface area contributed by atoms with Crippen LogP contribution in [-0.4, -0.2) is 38.9 Å². The standard InChI is InChI=1S/C21H20F3N5O/c1-12(21(22,23)24)29-18(26-17(27-29)13-7-9-25-10-8-13)14-5-6-16-15(11-14)20(2,3)19(30)28(16)4/h5-12H,1-4H3. The fraction of sp³-hybridized carbons (Fsp3) is 0.333. The molecular weight excluding hydrogens is 395 g/mol. The van der Waals surface area contributed by atoms with Crippen molar-refractivity contribution in [3.05, 3.63) is 48.3 Å². The van der Waals surface area contributed by atoms with E-state index >= 15 is 0 Å². The normalized spacial score (nSPS) is 16.6. The fourth-order valence-corrected chi connectivity index (χ4v) is 3.66. The lowest BCUT2D eigenvalue weighted by molar-refractivity contribution is -0.165. The molecule has 1 unspecified atom stereocenters. The lowest BCUT2D eigenvalue weighted by Gasteiger charge is -2.19. The van der Waals surface area contributed by atoms with Gasteiger partial charge in [-0.1, -0.05) is 0 Å². The van der Waals surface area contributed by atoms with Gasteiger partial charge in [0.05, 0.1) is 5.41 Å². The van der Waals surface area contributed by atoms with E-state index in [-0.39, 0.29) is 17.6 Å². The Morgan fingerprint density at radius 2 is 1.73 bits per heavy atom. The summed E-state index contributed by atoms with van der Waals surface area (Å²) in [6.45, 7) is 4.64. The smallest absolute Gasteiger partial charge is 0.314 e. The van der Waals surface area contributed by atoms with Gasteiger partial charge in [0.25, 0.3) is 0 Å². The number of carbonyl (C=O) groups is 1. The van der Waals surface area contributed by atoms with Gasteiger partial charge >= 0.3 is 6.18 Å². The highest BCUT2D eigenvalue weighted by atomic mass is 19.4. The van der Waals surface area contributed by atoms with Crippen LogP contribution in [0.3, 0.4) is 0 Å². The minimum atomic E-state index is -4.50. The third kappa shape index (κ3) is 3.05. The van der Waals surface area contributed by atoms with Gasteiger partial charge in [-0.3, -0.25) is 9.78 Å². The van der Waals surface area contributed by atoms with Gasteiger partial charge in [-0.15, -0.1) is 5.10 Å². The third-order valence-electron chi connectivity index (χ3n) is 5.54. The number of alkyl halides is 3. The van der Waals surface area contributed by atoms with E-state index in [1.165, 1.54) is 12.4 Å². The number of halogens is 3. The maximum atomic E-state index is 13.5. The molecule has 1 aliphatic rings. The second kappa shape index (κ2) is 6.65. The molecule has 3 aromatic rings. The molecule has 1 amide bonds. The largest absolute Gasteiger partial charge is 0.410 e. The van der Waals surface area contributed by atoms with Crippen LogP contribution in [0.4, 0.5) is 18.9 Å². The second-order valence-corrected chi connectivity index (χ2v) is 7.88. The lowest BCUT2D eigenvalue weighted by atomic mass is 9.85. The molecule has 1 aromatic carbocycles. The van der Waals surface area contributed by atoms with Crippen molar-refractivity contribution in [3.63, 3.8) is 0 Å². The summed E-state index contributed by atoms with van der Waals surface area (Å²) in [5.74, 6) is 0.195. The van der Waals surface area contributed by atoms with Gasteiger partial charge in [0.1, 0.15) is 6.04 Å². The molecule has 0 radical (unpaired) electrons. The average molecular weight is 415 g/mol. The van der Waals surface area contributed by atoms with E-state index in [9.17, 15) is 18.0 Å². The number of aromatic nitrogens is 4. The van der Waals surface area contributed by atoms with Crippen molar-refractivity contribution in [2.45, 2.75) is 38.4 Å². The molecule has 6 nitrogen and oxygen atoms in total. The Balaban J connectivity index is 1.90. The van der Waals surface area contributed by atoms with E-state index in [4.69, 9.17) is 0 Å². The number of hydrogen-bond donors (Lipinski definition) is 0. The monoisotopic (exact) mass is 415 g/mol. The molecule has 4 rings (SSSR count). The summed E-state index contributed by atoms with van der Waals surface area (Å²) >= 11 is 0. The Bertz CT molecular complexity index is 1120. The van der Waals surface area contributed by atoms with Crippen LogP contribution in [0.15, 0.2) is 42.7 Å². The van der Waals surface area contributed by atoms with Gasteiger partial charge in [0.2, 0.25) is 5.91 Å². The van der Waals surface area contributed by atoms with Crippen LogP contribution in [0.2, 0.25) is 0 Å². The van der Waals surface area contributed by atoms with Crippen molar-refractivity contribution >= 4 is 11.6 Å². The second-order valence-electron chi connectivity index (χ2n) is 7.88. The number of fused-ring (bicyclic) bond motifs is 1. The summed E-state index contributed by atoms with van der Waals surface area (Å²) in [4.78, 5) is 22.5.